The number of rotatable bonds is 7. The fraction of sp³-hybridized carbons (Fsp3) is 0.481. The summed E-state index contributed by atoms with van der Waals surface area (Å²) in [6.07, 6.45) is 0.827. The van der Waals surface area contributed by atoms with E-state index >= 15 is 0 Å². The smallest absolute Gasteiger partial charge is 0.338 e. The van der Waals surface area contributed by atoms with Crippen molar-refractivity contribution >= 4 is 23.3 Å². The molecular formula is C27H37N3O3. The van der Waals surface area contributed by atoms with Gasteiger partial charge in [0.1, 0.15) is 5.54 Å². The van der Waals surface area contributed by atoms with Crippen LogP contribution in [0, 0.1) is 5.41 Å². The molecule has 0 aromatic heterocycles. The minimum atomic E-state index is -0.742. The Morgan fingerprint density at radius 1 is 1.18 bits per heavy atom. The Bertz CT molecular complexity index is 1030. The van der Waals surface area contributed by atoms with Crippen molar-refractivity contribution in [3.63, 3.8) is 0 Å². The maximum absolute atomic E-state index is 12.6. The summed E-state index contributed by atoms with van der Waals surface area (Å²) in [4.78, 5) is 24.8. The number of benzene rings is 2. The SMILES string of the molecule is CCOC(=O)c1ccc2c(c1)CC(C)(C)C(c1cccc(NC(C)(C)C(=O)NC(C)C)c1)N2. The second-order valence-electron chi connectivity index (χ2n) is 10.3. The lowest BCUT2D eigenvalue weighted by atomic mass is 9.72. The van der Waals surface area contributed by atoms with Crippen LogP contribution in [-0.2, 0) is 16.0 Å². The molecule has 1 unspecified atom stereocenters. The monoisotopic (exact) mass is 451 g/mol. The van der Waals surface area contributed by atoms with Gasteiger partial charge in [-0.15, -0.1) is 0 Å². The topological polar surface area (TPSA) is 79.5 Å². The average Bonchev–Trinajstić information content (AvgIpc) is 2.71. The predicted molar refractivity (Wildman–Crippen MR) is 134 cm³/mol. The highest BCUT2D eigenvalue weighted by Gasteiger charge is 2.36. The Morgan fingerprint density at radius 2 is 1.91 bits per heavy atom. The second-order valence-corrected chi connectivity index (χ2v) is 10.3. The summed E-state index contributed by atoms with van der Waals surface area (Å²) in [5.74, 6) is -0.325. The zero-order valence-electron chi connectivity index (χ0n) is 20.8. The molecule has 1 aliphatic rings. The van der Waals surface area contributed by atoms with Crippen LogP contribution in [0.1, 0.15) is 76.0 Å². The van der Waals surface area contributed by atoms with Crippen molar-refractivity contribution < 1.29 is 14.3 Å². The number of nitrogens with one attached hydrogen (secondary N) is 3. The van der Waals surface area contributed by atoms with E-state index in [9.17, 15) is 9.59 Å². The number of esters is 1. The van der Waals surface area contributed by atoms with E-state index in [-0.39, 0.29) is 29.4 Å². The summed E-state index contributed by atoms with van der Waals surface area (Å²) in [6.45, 7) is 14.3. The quantitative estimate of drug-likeness (QED) is 0.497. The van der Waals surface area contributed by atoms with E-state index in [1.54, 1.807) is 0 Å². The van der Waals surface area contributed by atoms with Gasteiger partial charge in [0, 0.05) is 17.4 Å². The fourth-order valence-electron chi connectivity index (χ4n) is 4.36. The van der Waals surface area contributed by atoms with Crippen molar-refractivity contribution in [1.29, 1.82) is 0 Å². The van der Waals surface area contributed by atoms with E-state index in [0.29, 0.717) is 12.2 Å². The minimum absolute atomic E-state index is 0.0367. The third-order valence-electron chi connectivity index (χ3n) is 6.01. The molecule has 178 valence electrons. The van der Waals surface area contributed by atoms with E-state index in [4.69, 9.17) is 4.74 Å². The molecule has 0 saturated carbocycles. The standard InChI is InChI=1S/C27H37N3O3/c1-8-33-24(31)19-12-13-22-20(14-19)16-26(4,5)23(29-22)18-10-9-11-21(15-18)30-27(6,7)25(32)28-17(2)3/h9-15,17,23,29-30H,8,16H2,1-7H3,(H,28,32). The van der Waals surface area contributed by atoms with Gasteiger partial charge in [0.25, 0.3) is 0 Å². The van der Waals surface area contributed by atoms with Gasteiger partial charge in [0.05, 0.1) is 18.2 Å². The lowest BCUT2D eigenvalue weighted by Crippen LogP contribution is -2.50. The molecule has 1 aliphatic heterocycles. The first-order valence-electron chi connectivity index (χ1n) is 11.7. The highest BCUT2D eigenvalue weighted by atomic mass is 16.5. The van der Waals surface area contributed by atoms with Crippen LogP contribution in [0.5, 0.6) is 0 Å². The maximum Gasteiger partial charge on any atom is 0.338 e. The van der Waals surface area contributed by atoms with Gasteiger partial charge in [0.15, 0.2) is 0 Å². The first-order chi connectivity index (χ1) is 15.4. The third kappa shape index (κ3) is 5.67. The average molecular weight is 452 g/mol. The van der Waals surface area contributed by atoms with Crippen LogP contribution in [-0.4, -0.2) is 30.1 Å². The zero-order chi connectivity index (χ0) is 24.4. The van der Waals surface area contributed by atoms with Gasteiger partial charge in [-0.3, -0.25) is 4.79 Å². The van der Waals surface area contributed by atoms with Gasteiger partial charge in [0.2, 0.25) is 5.91 Å². The van der Waals surface area contributed by atoms with Crippen LogP contribution in [0.3, 0.4) is 0 Å². The van der Waals surface area contributed by atoms with Crippen molar-refractivity contribution in [2.45, 2.75) is 72.5 Å². The molecule has 0 fully saturated rings. The largest absolute Gasteiger partial charge is 0.462 e. The molecule has 1 amide bonds. The molecule has 3 N–H and O–H groups in total. The Morgan fingerprint density at radius 3 is 2.58 bits per heavy atom. The van der Waals surface area contributed by atoms with Gasteiger partial charge in [-0.05, 0) is 87.9 Å². The van der Waals surface area contributed by atoms with E-state index in [2.05, 4.69) is 41.9 Å². The first kappa shape index (κ1) is 24.6. The van der Waals surface area contributed by atoms with Crippen LogP contribution >= 0.6 is 0 Å². The lowest BCUT2D eigenvalue weighted by Gasteiger charge is -2.41. The predicted octanol–water partition coefficient (Wildman–Crippen LogP) is 5.31. The number of hydrogen-bond acceptors (Lipinski definition) is 5. The number of anilines is 2. The third-order valence-corrected chi connectivity index (χ3v) is 6.01. The molecule has 6 heteroatoms. The summed E-state index contributed by atoms with van der Waals surface area (Å²) in [7, 11) is 0. The van der Waals surface area contributed by atoms with Crippen molar-refractivity contribution in [3.05, 3.63) is 59.2 Å². The van der Waals surface area contributed by atoms with Crippen molar-refractivity contribution in [2.75, 3.05) is 17.2 Å². The van der Waals surface area contributed by atoms with Crippen LogP contribution in [0.15, 0.2) is 42.5 Å². The van der Waals surface area contributed by atoms with Gasteiger partial charge in [-0.1, -0.05) is 26.0 Å². The summed E-state index contributed by atoms with van der Waals surface area (Å²) in [5, 5.41) is 10.1. The molecule has 0 spiro atoms. The molecule has 33 heavy (non-hydrogen) atoms. The molecular weight excluding hydrogens is 414 g/mol. The number of carbonyl (C=O) groups is 2. The molecule has 0 radical (unpaired) electrons. The number of amides is 1. The Balaban J connectivity index is 1.84. The molecule has 1 heterocycles. The van der Waals surface area contributed by atoms with Crippen LogP contribution in [0.2, 0.25) is 0 Å². The molecule has 2 aromatic carbocycles. The molecule has 6 nitrogen and oxygen atoms in total. The highest BCUT2D eigenvalue weighted by Crippen LogP contribution is 2.45. The highest BCUT2D eigenvalue weighted by molar-refractivity contribution is 5.90. The van der Waals surface area contributed by atoms with Crippen LogP contribution in [0.4, 0.5) is 11.4 Å². The Kier molecular flexibility index (Phi) is 7.06. The number of fused-ring (bicyclic) bond motifs is 1. The normalized spacial score (nSPS) is 17.0. The number of carbonyl (C=O) groups excluding carboxylic acids is 2. The second kappa shape index (κ2) is 9.46. The number of ether oxygens (including phenoxy) is 1. The summed E-state index contributed by atoms with van der Waals surface area (Å²) >= 11 is 0. The van der Waals surface area contributed by atoms with Gasteiger partial charge in [-0.2, -0.15) is 0 Å². The molecule has 0 bridgehead atoms. The Labute approximate surface area is 197 Å². The maximum atomic E-state index is 12.6. The fourth-order valence-corrected chi connectivity index (χ4v) is 4.36. The van der Waals surface area contributed by atoms with Gasteiger partial charge >= 0.3 is 5.97 Å². The molecule has 0 aliphatic carbocycles. The summed E-state index contributed by atoms with van der Waals surface area (Å²) < 4.78 is 5.16. The van der Waals surface area contributed by atoms with E-state index < -0.39 is 5.54 Å². The van der Waals surface area contributed by atoms with E-state index in [0.717, 1.165) is 28.9 Å². The van der Waals surface area contributed by atoms with Crippen molar-refractivity contribution in [3.8, 4) is 0 Å². The summed E-state index contributed by atoms with van der Waals surface area (Å²) in [6, 6.07) is 14.1. The Hall–Kier alpha value is -3.02. The molecule has 2 aromatic rings. The van der Waals surface area contributed by atoms with E-state index in [1.807, 2.05) is 65.0 Å². The zero-order valence-corrected chi connectivity index (χ0v) is 20.8. The van der Waals surface area contributed by atoms with Crippen molar-refractivity contribution in [2.24, 2.45) is 5.41 Å². The molecule has 3 rings (SSSR count). The van der Waals surface area contributed by atoms with Gasteiger partial charge < -0.3 is 20.7 Å². The van der Waals surface area contributed by atoms with E-state index in [1.165, 1.54) is 0 Å². The minimum Gasteiger partial charge on any atom is -0.462 e. The van der Waals surface area contributed by atoms with Gasteiger partial charge in [-0.25, -0.2) is 4.79 Å². The molecule has 0 saturated heterocycles. The summed E-state index contributed by atoms with van der Waals surface area (Å²) in [5.41, 5.74) is 3.94. The van der Waals surface area contributed by atoms with Crippen LogP contribution in [0.25, 0.3) is 0 Å². The lowest BCUT2D eigenvalue weighted by molar-refractivity contribution is -0.125. The number of hydrogen-bond donors (Lipinski definition) is 3. The first-order valence-corrected chi connectivity index (χ1v) is 11.7. The molecule has 1 atom stereocenters. The van der Waals surface area contributed by atoms with Crippen molar-refractivity contribution in [1.82, 2.24) is 5.32 Å². The van der Waals surface area contributed by atoms with Crippen LogP contribution < -0.4 is 16.0 Å².